The van der Waals surface area contributed by atoms with Crippen molar-refractivity contribution in [3.63, 3.8) is 0 Å². The maximum absolute atomic E-state index is 12.6. The number of rotatable bonds is 5. The molecule has 1 fully saturated rings. The van der Waals surface area contributed by atoms with Gasteiger partial charge < -0.3 is 10.5 Å². The van der Waals surface area contributed by atoms with Gasteiger partial charge in [0.05, 0.1) is 16.3 Å². The quantitative estimate of drug-likeness (QED) is 0.561. The number of aromatic nitrogens is 2. The van der Waals surface area contributed by atoms with Crippen LogP contribution in [-0.2, 0) is 9.84 Å². The number of pyridine rings is 1. The third kappa shape index (κ3) is 3.78. The van der Waals surface area contributed by atoms with Crippen LogP contribution >= 0.6 is 0 Å². The van der Waals surface area contributed by atoms with Gasteiger partial charge in [0.25, 0.3) is 0 Å². The fourth-order valence-corrected chi connectivity index (χ4v) is 5.21. The van der Waals surface area contributed by atoms with Gasteiger partial charge in [-0.3, -0.25) is 0 Å². The SMILES string of the molecule is CCS(=O)(=O)c1ccc(NC2CCC(C)CC2)c(-c2cc(C)n(O)c3nccc2-3)c1. The summed E-state index contributed by atoms with van der Waals surface area (Å²) in [4.78, 5) is 4.59. The molecule has 0 aromatic heterocycles. The predicted octanol–water partition coefficient (Wildman–Crippen LogP) is 4.98. The number of sulfone groups is 1. The highest BCUT2D eigenvalue weighted by atomic mass is 32.2. The third-order valence-electron chi connectivity index (χ3n) is 6.25. The van der Waals surface area contributed by atoms with E-state index in [9.17, 15) is 13.6 Å². The first-order chi connectivity index (χ1) is 14.3. The van der Waals surface area contributed by atoms with Crippen LogP contribution in [0.2, 0.25) is 0 Å². The molecule has 0 amide bonds. The van der Waals surface area contributed by atoms with E-state index >= 15 is 0 Å². The molecule has 160 valence electrons. The second kappa shape index (κ2) is 7.95. The normalized spacial score (nSPS) is 19.8. The molecule has 0 bridgehead atoms. The summed E-state index contributed by atoms with van der Waals surface area (Å²) in [6, 6.07) is 9.44. The zero-order valence-corrected chi connectivity index (χ0v) is 18.5. The van der Waals surface area contributed by atoms with E-state index in [0.717, 1.165) is 45.9 Å². The van der Waals surface area contributed by atoms with Crippen molar-refractivity contribution in [2.45, 2.75) is 57.4 Å². The molecule has 1 aliphatic carbocycles. The van der Waals surface area contributed by atoms with Crippen LogP contribution < -0.4 is 5.32 Å². The maximum atomic E-state index is 12.6. The van der Waals surface area contributed by atoms with E-state index in [0.29, 0.717) is 22.5 Å². The third-order valence-corrected chi connectivity index (χ3v) is 7.99. The van der Waals surface area contributed by atoms with Gasteiger partial charge in [0.15, 0.2) is 15.7 Å². The van der Waals surface area contributed by atoms with Crippen molar-refractivity contribution >= 4 is 15.5 Å². The molecule has 0 unspecified atom stereocenters. The number of anilines is 1. The van der Waals surface area contributed by atoms with Crippen LogP contribution in [0.15, 0.2) is 41.4 Å². The van der Waals surface area contributed by atoms with Crippen LogP contribution in [-0.4, -0.2) is 35.1 Å². The van der Waals surface area contributed by atoms with E-state index in [4.69, 9.17) is 0 Å². The van der Waals surface area contributed by atoms with Crippen LogP contribution in [0.25, 0.3) is 22.5 Å². The van der Waals surface area contributed by atoms with Gasteiger partial charge in [-0.15, -0.1) is 0 Å². The smallest absolute Gasteiger partial charge is 0.178 e. The first kappa shape index (κ1) is 20.7. The summed E-state index contributed by atoms with van der Waals surface area (Å²) in [6.07, 6.45) is 6.26. The van der Waals surface area contributed by atoms with Gasteiger partial charge in [-0.1, -0.05) is 13.8 Å². The summed E-state index contributed by atoms with van der Waals surface area (Å²) >= 11 is 0. The second-order valence-electron chi connectivity index (χ2n) is 8.41. The molecule has 6 nitrogen and oxygen atoms in total. The summed E-state index contributed by atoms with van der Waals surface area (Å²) in [6.45, 7) is 5.76. The van der Waals surface area contributed by atoms with Crippen molar-refractivity contribution in [3.8, 4) is 22.5 Å². The number of nitrogens with zero attached hydrogens (tertiary/aromatic N) is 2. The van der Waals surface area contributed by atoms with Crippen molar-refractivity contribution in [1.82, 2.24) is 9.71 Å². The lowest BCUT2D eigenvalue weighted by Crippen LogP contribution is -2.25. The van der Waals surface area contributed by atoms with Gasteiger partial charge in [0, 0.05) is 29.1 Å². The predicted molar refractivity (Wildman–Crippen MR) is 119 cm³/mol. The Balaban J connectivity index is 1.85. The van der Waals surface area contributed by atoms with Crippen molar-refractivity contribution in [1.29, 1.82) is 0 Å². The van der Waals surface area contributed by atoms with Gasteiger partial charge in [-0.25, -0.2) is 13.4 Å². The van der Waals surface area contributed by atoms with Crippen LogP contribution in [0.4, 0.5) is 5.69 Å². The van der Waals surface area contributed by atoms with Crippen molar-refractivity contribution in [2.24, 2.45) is 5.92 Å². The number of nitrogens with one attached hydrogen (secondary N) is 1. The molecule has 3 aliphatic rings. The van der Waals surface area contributed by atoms with Crippen LogP contribution in [0, 0.1) is 12.8 Å². The van der Waals surface area contributed by atoms with E-state index < -0.39 is 9.84 Å². The maximum Gasteiger partial charge on any atom is 0.178 e. The molecule has 30 heavy (non-hydrogen) atoms. The lowest BCUT2D eigenvalue weighted by atomic mass is 9.87. The highest BCUT2D eigenvalue weighted by molar-refractivity contribution is 7.91. The van der Waals surface area contributed by atoms with Crippen LogP contribution in [0.3, 0.4) is 0 Å². The van der Waals surface area contributed by atoms with Gasteiger partial charge in [0.2, 0.25) is 0 Å². The summed E-state index contributed by atoms with van der Waals surface area (Å²) in [7, 11) is -3.34. The number of aryl methyl sites for hydroxylation is 1. The van der Waals surface area contributed by atoms with Gasteiger partial charge in [-0.2, -0.15) is 4.73 Å². The Morgan fingerprint density at radius 3 is 2.53 bits per heavy atom. The molecule has 1 aromatic carbocycles. The first-order valence-electron chi connectivity index (χ1n) is 10.6. The Kier molecular flexibility index (Phi) is 5.49. The van der Waals surface area contributed by atoms with Crippen LogP contribution in [0.5, 0.6) is 0 Å². The molecule has 0 spiro atoms. The molecular weight excluding hydrogens is 398 g/mol. The molecular formula is C23H29N3O3S. The molecule has 0 atom stereocenters. The van der Waals surface area contributed by atoms with Gasteiger partial charge in [-0.05, 0) is 74.4 Å². The molecule has 1 aromatic rings. The zero-order valence-electron chi connectivity index (χ0n) is 17.7. The second-order valence-corrected chi connectivity index (χ2v) is 10.7. The molecule has 0 radical (unpaired) electrons. The van der Waals surface area contributed by atoms with E-state index in [1.54, 1.807) is 32.2 Å². The lowest BCUT2D eigenvalue weighted by Gasteiger charge is -2.29. The van der Waals surface area contributed by atoms with Gasteiger partial charge in [0.1, 0.15) is 0 Å². The summed E-state index contributed by atoms with van der Waals surface area (Å²) in [5.41, 5.74) is 4.03. The summed E-state index contributed by atoms with van der Waals surface area (Å²) in [5, 5.41) is 14.0. The minimum Gasteiger partial charge on any atom is -0.427 e. The Morgan fingerprint density at radius 2 is 1.83 bits per heavy atom. The molecule has 0 saturated heterocycles. The monoisotopic (exact) mass is 427 g/mol. The minimum absolute atomic E-state index is 0.0531. The fourth-order valence-electron chi connectivity index (χ4n) is 4.30. The fraction of sp³-hybridized carbons (Fsp3) is 0.435. The van der Waals surface area contributed by atoms with Crippen molar-refractivity contribution < 1.29 is 13.6 Å². The van der Waals surface area contributed by atoms with E-state index in [1.165, 1.54) is 12.8 Å². The van der Waals surface area contributed by atoms with Crippen molar-refractivity contribution in [2.75, 3.05) is 11.1 Å². The van der Waals surface area contributed by atoms with E-state index in [-0.39, 0.29) is 5.75 Å². The molecule has 4 rings (SSSR count). The Bertz CT molecular complexity index is 1130. The van der Waals surface area contributed by atoms with E-state index in [1.807, 2.05) is 18.2 Å². The standard InChI is InChI=1S/C23H29N3O3S/c1-4-30(28,29)18-9-10-22(25-17-7-5-15(2)6-8-17)21(14-18)20-13-16(3)26(27)23-19(20)11-12-24-23/h9-15,17,25,27H,4-8H2,1-3H3. The number of hydrogen-bond donors (Lipinski definition) is 2. The minimum atomic E-state index is -3.34. The summed E-state index contributed by atoms with van der Waals surface area (Å²) in [5.74, 6) is 1.27. The molecule has 2 N–H and O–H groups in total. The average Bonchev–Trinajstić information content (AvgIpc) is 3.23. The van der Waals surface area contributed by atoms with Crippen LogP contribution in [0.1, 0.15) is 45.2 Å². The highest BCUT2D eigenvalue weighted by Crippen LogP contribution is 2.40. The Morgan fingerprint density at radius 1 is 1.10 bits per heavy atom. The average molecular weight is 428 g/mol. The van der Waals surface area contributed by atoms with E-state index in [2.05, 4.69) is 17.2 Å². The highest BCUT2D eigenvalue weighted by Gasteiger charge is 2.24. The molecule has 2 aliphatic heterocycles. The topological polar surface area (TPSA) is 84.2 Å². The Hall–Kier alpha value is -2.54. The molecule has 1 saturated carbocycles. The molecule has 7 heteroatoms. The number of hydrogen-bond acceptors (Lipinski definition) is 5. The molecule has 2 heterocycles. The van der Waals surface area contributed by atoms with Crippen molar-refractivity contribution in [3.05, 3.63) is 42.2 Å². The van der Waals surface area contributed by atoms with Gasteiger partial charge >= 0.3 is 0 Å². The summed E-state index contributed by atoms with van der Waals surface area (Å²) < 4.78 is 26.2. The lowest BCUT2D eigenvalue weighted by molar-refractivity contribution is 0.180. The zero-order chi connectivity index (χ0) is 21.5. The number of fused-ring (bicyclic) bond motifs is 1. The number of benzene rings is 1. The first-order valence-corrected chi connectivity index (χ1v) is 12.3. The Labute approximate surface area is 178 Å². The largest absolute Gasteiger partial charge is 0.427 e.